The Hall–Kier alpha value is -3.55. The van der Waals surface area contributed by atoms with Crippen molar-refractivity contribution in [3.05, 3.63) is 70.5 Å². The van der Waals surface area contributed by atoms with Crippen LogP contribution in [0.5, 0.6) is 0 Å². The van der Waals surface area contributed by atoms with Crippen molar-refractivity contribution in [2.45, 2.75) is 66.0 Å². The predicted octanol–water partition coefficient (Wildman–Crippen LogP) is 5.14. The van der Waals surface area contributed by atoms with E-state index < -0.39 is 0 Å². The van der Waals surface area contributed by atoms with Crippen molar-refractivity contribution < 1.29 is 0 Å². The Labute approximate surface area is 211 Å². The molecule has 36 heavy (non-hydrogen) atoms. The van der Waals surface area contributed by atoms with Gasteiger partial charge < -0.3 is 0 Å². The summed E-state index contributed by atoms with van der Waals surface area (Å²) < 4.78 is 3.99. The highest BCUT2D eigenvalue weighted by molar-refractivity contribution is 5.78. The molecule has 1 saturated carbocycles. The smallest absolute Gasteiger partial charge is 0.295 e. The molecule has 5 rings (SSSR count). The molecule has 0 bridgehead atoms. The Bertz CT molecular complexity index is 1350. The van der Waals surface area contributed by atoms with Crippen molar-refractivity contribution in [2.75, 3.05) is 0 Å². The van der Waals surface area contributed by atoms with E-state index in [4.69, 9.17) is 4.98 Å². The SMILES string of the molecule is CCCCc1cn(C2C(CC)C2C(C)C)c(=O)n1Cc1ccc(-c2ccccc2-c2nn[nH]n2)nc1. The van der Waals surface area contributed by atoms with E-state index in [0.717, 1.165) is 53.8 Å². The number of hydrogen-bond acceptors (Lipinski definition) is 5. The van der Waals surface area contributed by atoms with E-state index in [-0.39, 0.29) is 5.69 Å². The van der Waals surface area contributed by atoms with E-state index in [1.54, 1.807) is 0 Å². The number of benzene rings is 1. The Morgan fingerprint density at radius 2 is 1.89 bits per heavy atom. The van der Waals surface area contributed by atoms with Crippen LogP contribution in [0, 0.1) is 17.8 Å². The fourth-order valence-corrected chi connectivity index (χ4v) is 5.70. The van der Waals surface area contributed by atoms with Crippen LogP contribution in [0.3, 0.4) is 0 Å². The fraction of sp³-hybridized carbons (Fsp3) is 0.464. The summed E-state index contributed by atoms with van der Waals surface area (Å²) in [7, 11) is 0. The largest absolute Gasteiger partial charge is 0.328 e. The predicted molar refractivity (Wildman–Crippen MR) is 140 cm³/mol. The van der Waals surface area contributed by atoms with Gasteiger partial charge >= 0.3 is 5.69 Å². The van der Waals surface area contributed by atoms with Gasteiger partial charge in [-0.1, -0.05) is 70.9 Å². The Kier molecular flexibility index (Phi) is 6.85. The summed E-state index contributed by atoms with van der Waals surface area (Å²) in [5.74, 6) is 2.30. The zero-order valence-corrected chi connectivity index (χ0v) is 21.6. The number of hydrogen-bond donors (Lipinski definition) is 1. The summed E-state index contributed by atoms with van der Waals surface area (Å²) in [6.45, 7) is 9.51. The lowest BCUT2D eigenvalue weighted by atomic mass is 10.0. The van der Waals surface area contributed by atoms with Crippen molar-refractivity contribution in [2.24, 2.45) is 17.8 Å². The van der Waals surface area contributed by atoms with Crippen molar-refractivity contribution in [1.82, 2.24) is 34.7 Å². The first kappa shape index (κ1) is 24.2. The number of H-pyrrole nitrogens is 1. The zero-order chi connectivity index (χ0) is 25.2. The van der Waals surface area contributed by atoms with Crippen LogP contribution >= 0.6 is 0 Å². The molecule has 1 aromatic carbocycles. The third-order valence-corrected chi connectivity index (χ3v) is 7.58. The molecule has 3 heterocycles. The number of nitrogens with one attached hydrogen (secondary N) is 1. The summed E-state index contributed by atoms with van der Waals surface area (Å²) in [6.07, 6.45) is 8.22. The average Bonchev–Trinajstić information content (AvgIpc) is 3.21. The minimum absolute atomic E-state index is 0.110. The second kappa shape index (κ2) is 10.2. The molecule has 1 aliphatic rings. The van der Waals surface area contributed by atoms with Gasteiger partial charge in [0.1, 0.15) is 0 Å². The van der Waals surface area contributed by atoms with Crippen LogP contribution < -0.4 is 5.69 Å². The third kappa shape index (κ3) is 4.52. The quantitative estimate of drug-likeness (QED) is 0.336. The van der Waals surface area contributed by atoms with Crippen molar-refractivity contribution in [3.63, 3.8) is 0 Å². The minimum Gasteiger partial charge on any atom is -0.295 e. The molecule has 1 N–H and O–H groups in total. The molecule has 8 heteroatoms. The van der Waals surface area contributed by atoms with Crippen LogP contribution in [0.25, 0.3) is 22.6 Å². The van der Waals surface area contributed by atoms with Gasteiger partial charge in [-0.25, -0.2) is 4.79 Å². The van der Waals surface area contributed by atoms with Gasteiger partial charge in [-0.05, 0) is 47.4 Å². The zero-order valence-electron chi connectivity index (χ0n) is 21.6. The maximum absolute atomic E-state index is 13.6. The summed E-state index contributed by atoms with van der Waals surface area (Å²) in [5.41, 5.74) is 4.89. The van der Waals surface area contributed by atoms with Gasteiger partial charge in [-0.15, -0.1) is 10.2 Å². The molecule has 0 spiro atoms. The molecule has 188 valence electrons. The standard InChI is InChI=1S/C28H35N7O/c1-5-7-10-20-17-35(26-21(6-2)25(26)18(3)4)28(36)34(20)16-19-13-14-24(29-15-19)22-11-8-9-12-23(22)27-30-32-33-31-27/h8-9,11-15,17-18,21,25-26H,5-7,10,16H2,1-4H3,(H,30,31,32,33). The highest BCUT2D eigenvalue weighted by atomic mass is 16.1. The highest BCUT2D eigenvalue weighted by Gasteiger charge is 2.52. The number of tetrazole rings is 1. The van der Waals surface area contributed by atoms with Gasteiger partial charge in [-0.3, -0.25) is 14.1 Å². The molecule has 0 amide bonds. The number of imidazole rings is 1. The summed E-state index contributed by atoms with van der Waals surface area (Å²) in [5, 5.41) is 14.4. The molecule has 8 nitrogen and oxygen atoms in total. The van der Waals surface area contributed by atoms with E-state index in [1.165, 1.54) is 0 Å². The first-order chi connectivity index (χ1) is 17.5. The maximum Gasteiger partial charge on any atom is 0.328 e. The highest BCUT2D eigenvalue weighted by Crippen LogP contribution is 2.55. The Morgan fingerprint density at radius 1 is 1.08 bits per heavy atom. The van der Waals surface area contributed by atoms with Gasteiger partial charge in [-0.2, -0.15) is 5.21 Å². The normalized spacial score (nSPS) is 19.2. The molecule has 4 aromatic rings. The molecule has 1 fully saturated rings. The molecule has 0 saturated heterocycles. The fourth-order valence-electron chi connectivity index (χ4n) is 5.70. The topological polar surface area (TPSA) is 94.3 Å². The number of pyridine rings is 1. The summed E-state index contributed by atoms with van der Waals surface area (Å²) >= 11 is 0. The second-order valence-corrected chi connectivity index (χ2v) is 10.2. The van der Waals surface area contributed by atoms with Crippen LogP contribution in [0.2, 0.25) is 0 Å². The van der Waals surface area contributed by atoms with Crippen LogP contribution in [0.15, 0.2) is 53.6 Å². The Morgan fingerprint density at radius 3 is 2.50 bits per heavy atom. The number of nitrogens with zero attached hydrogens (tertiary/aromatic N) is 6. The molecule has 1 aliphatic carbocycles. The number of aromatic nitrogens is 7. The number of unbranched alkanes of at least 4 members (excludes halogenated alkanes) is 1. The van der Waals surface area contributed by atoms with Crippen LogP contribution in [-0.2, 0) is 13.0 Å². The third-order valence-electron chi connectivity index (χ3n) is 7.58. The summed E-state index contributed by atoms with van der Waals surface area (Å²) in [4.78, 5) is 18.4. The molecule has 3 aromatic heterocycles. The number of rotatable bonds is 10. The average molecular weight is 486 g/mol. The lowest BCUT2D eigenvalue weighted by molar-refractivity contribution is 0.489. The van der Waals surface area contributed by atoms with Gasteiger partial charge in [0, 0.05) is 35.3 Å². The first-order valence-electron chi connectivity index (χ1n) is 13.1. The van der Waals surface area contributed by atoms with Gasteiger partial charge in [0.15, 0.2) is 0 Å². The van der Waals surface area contributed by atoms with Gasteiger partial charge in [0.2, 0.25) is 5.82 Å². The maximum atomic E-state index is 13.6. The van der Waals surface area contributed by atoms with E-state index in [0.29, 0.717) is 36.2 Å². The van der Waals surface area contributed by atoms with Gasteiger partial charge in [0.05, 0.1) is 12.2 Å². The molecular weight excluding hydrogens is 450 g/mol. The lowest BCUT2D eigenvalue weighted by Crippen LogP contribution is -2.26. The molecule has 0 radical (unpaired) electrons. The minimum atomic E-state index is 0.110. The van der Waals surface area contributed by atoms with Crippen LogP contribution in [0.1, 0.15) is 64.3 Å². The van der Waals surface area contributed by atoms with E-state index in [1.807, 2.05) is 45.7 Å². The van der Waals surface area contributed by atoms with E-state index in [2.05, 4.69) is 60.6 Å². The Balaban J connectivity index is 1.43. The summed E-state index contributed by atoms with van der Waals surface area (Å²) in [6, 6.07) is 12.3. The van der Waals surface area contributed by atoms with Crippen molar-refractivity contribution in [3.8, 4) is 22.6 Å². The molecule has 3 unspecified atom stereocenters. The first-order valence-corrected chi connectivity index (χ1v) is 13.1. The van der Waals surface area contributed by atoms with E-state index >= 15 is 0 Å². The van der Waals surface area contributed by atoms with Crippen LogP contribution in [0.4, 0.5) is 0 Å². The lowest BCUT2D eigenvalue weighted by Gasteiger charge is -2.09. The molecule has 3 atom stereocenters. The monoisotopic (exact) mass is 485 g/mol. The van der Waals surface area contributed by atoms with Crippen molar-refractivity contribution in [1.29, 1.82) is 0 Å². The molecule has 0 aliphatic heterocycles. The second-order valence-electron chi connectivity index (χ2n) is 10.2. The van der Waals surface area contributed by atoms with Crippen molar-refractivity contribution >= 4 is 0 Å². The van der Waals surface area contributed by atoms with Gasteiger partial charge in [0.25, 0.3) is 0 Å². The molecular formula is C28H35N7O. The van der Waals surface area contributed by atoms with E-state index in [9.17, 15) is 4.79 Å². The number of aryl methyl sites for hydroxylation is 1. The van der Waals surface area contributed by atoms with Crippen LogP contribution in [-0.4, -0.2) is 34.7 Å². The number of aromatic amines is 1.